The van der Waals surface area contributed by atoms with E-state index < -0.39 is 12.2 Å². The van der Waals surface area contributed by atoms with E-state index in [1.54, 1.807) is 12.1 Å². The molecule has 0 bridgehead atoms. The molecule has 7 nitrogen and oxygen atoms in total. The van der Waals surface area contributed by atoms with Gasteiger partial charge in [-0.3, -0.25) is 9.78 Å². The zero-order chi connectivity index (χ0) is 26.8. The summed E-state index contributed by atoms with van der Waals surface area (Å²) in [6.07, 6.45) is 6.81. The number of aromatic nitrogens is 3. The number of carbonyl (C=O) groups excluding carboxylic acids is 1. The lowest BCUT2D eigenvalue weighted by Gasteiger charge is -2.22. The van der Waals surface area contributed by atoms with Gasteiger partial charge in [0.2, 0.25) is 0 Å². The first kappa shape index (κ1) is 24.6. The lowest BCUT2D eigenvalue weighted by molar-refractivity contribution is -0.0506. The molecule has 1 aromatic carbocycles. The van der Waals surface area contributed by atoms with Crippen molar-refractivity contribution in [1.29, 1.82) is 0 Å². The maximum Gasteiger partial charge on any atom is 0.387 e. The molecule has 0 radical (unpaired) electrons. The maximum atomic E-state index is 13.4. The second kappa shape index (κ2) is 8.96. The largest absolute Gasteiger partial charge is 0.434 e. The highest BCUT2D eigenvalue weighted by Crippen LogP contribution is 2.51. The molecular weight excluding hydrogens is 488 g/mol. The van der Waals surface area contributed by atoms with Crippen LogP contribution in [0.4, 0.5) is 8.78 Å². The van der Waals surface area contributed by atoms with E-state index in [1.165, 1.54) is 6.07 Å². The number of hydrogen-bond donors (Lipinski definition) is 1. The van der Waals surface area contributed by atoms with Crippen LogP contribution in [0.2, 0.25) is 0 Å². The SMILES string of the molecule is CN(C)C1CC(c2c(C=O)cccc2OC(F)F)c2c1nn1ccc(-c3cnc4c(c3)CCC4(C)N)cc21. The minimum Gasteiger partial charge on any atom is -0.434 e. The number of aldehydes is 1. The van der Waals surface area contributed by atoms with Gasteiger partial charge in [-0.1, -0.05) is 12.1 Å². The molecule has 0 spiro atoms. The number of carbonyl (C=O) groups is 1. The Bertz CT molecular complexity index is 1560. The highest BCUT2D eigenvalue weighted by Gasteiger charge is 2.40. The number of fused-ring (bicyclic) bond motifs is 4. The minimum atomic E-state index is -3.00. The molecule has 0 saturated heterocycles. The summed E-state index contributed by atoms with van der Waals surface area (Å²) >= 11 is 0. The van der Waals surface area contributed by atoms with E-state index in [1.807, 2.05) is 44.0 Å². The lowest BCUT2D eigenvalue weighted by Crippen LogP contribution is -2.30. The molecule has 3 atom stereocenters. The van der Waals surface area contributed by atoms with Crippen molar-refractivity contribution in [2.45, 2.75) is 50.3 Å². The summed E-state index contributed by atoms with van der Waals surface area (Å²) in [4.78, 5) is 18.8. The van der Waals surface area contributed by atoms with Crippen LogP contribution in [0.25, 0.3) is 16.6 Å². The number of alkyl halides is 2. The second-order valence-electron chi connectivity index (χ2n) is 10.7. The van der Waals surface area contributed by atoms with E-state index in [0.29, 0.717) is 23.8 Å². The molecule has 4 aromatic rings. The molecule has 0 saturated carbocycles. The summed E-state index contributed by atoms with van der Waals surface area (Å²) in [5, 5.41) is 4.89. The second-order valence-corrected chi connectivity index (χ2v) is 10.7. The first-order valence-electron chi connectivity index (χ1n) is 12.7. The summed E-state index contributed by atoms with van der Waals surface area (Å²) in [5.74, 6) is -0.334. The number of nitrogens with two attached hydrogens (primary N) is 1. The molecule has 2 N–H and O–H groups in total. The van der Waals surface area contributed by atoms with Gasteiger partial charge in [-0.05, 0) is 75.7 Å². The fourth-order valence-electron chi connectivity index (χ4n) is 6.16. The summed E-state index contributed by atoms with van der Waals surface area (Å²) in [7, 11) is 3.94. The van der Waals surface area contributed by atoms with E-state index in [0.717, 1.165) is 52.0 Å². The van der Waals surface area contributed by atoms with Crippen molar-refractivity contribution < 1.29 is 18.3 Å². The predicted molar refractivity (Wildman–Crippen MR) is 140 cm³/mol. The van der Waals surface area contributed by atoms with E-state index in [-0.39, 0.29) is 17.7 Å². The van der Waals surface area contributed by atoms with Crippen LogP contribution in [0.3, 0.4) is 0 Å². The summed E-state index contributed by atoms with van der Waals surface area (Å²) in [6.45, 7) is -0.989. The lowest BCUT2D eigenvalue weighted by atomic mass is 9.88. The molecule has 0 aliphatic heterocycles. The molecule has 3 unspecified atom stereocenters. The first-order valence-corrected chi connectivity index (χ1v) is 12.7. The Balaban J connectivity index is 1.52. The Morgan fingerprint density at radius 1 is 1.21 bits per heavy atom. The van der Waals surface area contributed by atoms with E-state index in [2.05, 4.69) is 17.0 Å². The summed E-state index contributed by atoms with van der Waals surface area (Å²) in [6, 6.07) is 10.9. The van der Waals surface area contributed by atoms with E-state index in [4.69, 9.17) is 20.6 Å². The first-order chi connectivity index (χ1) is 18.2. The molecule has 0 fully saturated rings. The number of nitrogens with zero attached hydrogens (tertiary/aromatic N) is 4. The average Bonchev–Trinajstić information content (AvgIpc) is 3.53. The third-order valence-electron chi connectivity index (χ3n) is 7.99. The average molecular weight is 518 g/mol. The fourth-order valence-corrected chi connectivity index (χ4v) is 6.16. The predicted octanol–water partition coefficient (Wildman–Crippen LogP) is 5.07. The summed E-state index contributed by atoms with van der Waals surface area (Å²) in [5.41, 5.74) is 13.5. The topological polar surface area (TPSA) is 85.8 Å². The van der Waals surface area contributed by atoms with Gasteiger partial charge in [-0.2, -0.15) is 13.9 Å². The van der Waals surface area contributed by atoms with Crippen molar-refractivity contribution in [3.05, 3.63) is 82.4 Å². The van der Waals surface area contributed by atoms with Crippen molar-refractivity contribution in [2.75, 3.05) is 14.1 Å². The highest BCUT2D eigenvalue weighted by atomic mass is 19.3. The van der Waals surface area contributed by atoms with Crippen LogP contribution in [-0.2, 0) is 12.0 Å². The summed E-state index contributed by atoms with van der Waals surface area (Å²) < 4.78 is 33.4. The molecule has 3 aromatic heterocycles. The zero-order valence-corrected chi connectivity index (χ0v) is 21.5. The zero-order valence-electron chi connectivity index (χ0n) is 21.5. The Labute approximate surface area is 219 Å². The number of aryl methyl sites for hydroxylation is 1. The van der Waals surface area contributed by atoms with Gasteiger partial charge in [0.05, 0.1) is 28.5 Å². The van der Waals surface area contributed by atoms with Crippen molar-refractivity contribution >= 4 is 11.8 Å². The van der Waals surface area contributed by atoms with Gasteiger partial charge in [0, 0.05) is 40.6 Å². The van der Waals surface area contributed by atoms with E-state index >= 15 is 0 Å². The smallest absolute Gasteiger partial charge is 0.387 e. The van der Waals surface area contributed by atoms with Crippen LogP contribution < -0.4 is 10.5 Å². The quantitative estimate of drug-likeness (QED) is 0.360. The van der Waals surface area contributed by atoms with Crippen LogP contribution in [0.1, 0.15) is 70.2 Å². The van der Waals surface area contributed by atoms with Crippen LogP contribution in [0, 0.1) is 0 Å². The minimum absolute atomic E-state index is 0.0168. The van der Waals surface area contributed by atoms with Crippen LogP contribution in [0.5, 0.6) is 5.75 Å². The molecule has 9 heteroatoms. The Kier molecular flexibility index (Phi) is 5.81. The van der Waals surface area contributed by atoms with Gasteiger partial charge in [0.25, 0.3) is 0 Å². The van der Waals surface area contributed by atoms with E-state index in [9.17, 15) is 13.6 Å². The Hall–Kier alpha value is -3.69. The normalized spacial score (nSPS) is 22.3. The van der Waals surface area contributed by atoms with Gasteiger partial charge in [0.1, 0.15) is 12.0 Å². The number of rotatable bonds is 6. The molecule has 2 aliphatic carbocycles. The highest BCUT2D eigenvalue weighted by molar-refractivity contribution is 5.81. The number of ether oxygens (including phenoxy) is 1. The molecular formula is C29H29F2N5O2. The van der Waals surface area contributed by atoms with Gasteiger partial charge in [-0.15, -0.1) is 0 Å². The standard InChI is InChI=1S/C29H29F2N5O2/c1-29(32)9-7-17-11-19(14-33-27(17)29)16-8-10-36-21(12-16)25-20(13-22(35(2)3)26(25)34-36)24-18(15-37)5-4-6-23(24)38-28(30)31/h4-6,8,10-12,14-15,20,22,28H,7,9,13,32H2,1-3H3. The monoisotopic (exact) mass is 517 g/mol. The van der Waals surface area contributed by atoms with Crippen molar-refractivity contribution in [1.82, 2.24) is 19.5 Å². The third kappa shape index (κ3) is 3.88. The van der Waals surface area contributed by atoms with Gasteiger partial charge >= 0.3 is 6.61 Å². The number of pyridine rings is 2. The maximum absolute atomic E-state index is 13.4. The van der Waals surface area contributed by atoms with Crippen molar-refractivity contribution in [3.63, 3.8) is 0 Å². The number of hydrogen-bond acceptors (Lipinski definition) is 6. The molecule has 38 heavy (non-hydrogen) atoms. The molecule has 0 amide bonds. The van der Waals surface area contributed by atoms with Crippen LogP contribution >= 0.6 is 0 Å². The number of halogens is 2. The third-order valence-corrected chi connectivity index (χ3v) is 7.99. The van der Waals surface area contributed by atoms with Crippen LogP contribution in [-0.4, -0.2) is 46.5 Å². The van der Waals surface area contributed by atoms with Gasteiger partial charge < -0.3 is 15.4 Å². The molecule has 3 heterocycles. The van der Waals surface area contributed by atoms with Crippen LogP contribution in [0.15, 0.2) is 48.8 Å². The fraction of sp³-hybridized carbons (Fsp3) is 0.345. The Morgan fingerprint density at radius 2 is 2.03 bits per heavy atom. The van der Waals surface area contributed by atoms with Gasteiger partial charge in [-0.25, -0.2) is 4.52 Å². The van der Waals surface area contributed by atoms with Crippen molar-refractivity contribution in [2.24, 2.45) is 5.73 Å². The molecule has 196 valence electrons. The Morgan fingerprint density at radius 3 is 2.76 bits per heavy atom. The molecule has 6 rings (SSSR count). The van der Waals surface area contributed by atoms with Gasteiger partial charge in [0.15, 0.2) is 0 Å². The molecule has 2 aliphatic rings. The number of benzene rings is 1. The van der Waals surface area contributed by atoms with Crippen molar-refractivity contribution in [3.8, 4) is 16.9 Å².